The Morgan fingerprint density at radius 3 is 2.91 bits per heavy atom. The van der Waals surface area contributed by atoms with Gasteiger partial charge in [0.2, 0.25) is 5.95 Å². The second-order valence-electron chi connectivity index (χ2n) is 7.66. The van der Waals surface area contributed by atoms with Crippen molar-refractivity contribution in [3.8, 4) is 16.9 Å². The summed E-state index contributed by atoms with van der Waals surface area (Å²) in [6, 6.07) is 8.21. The fourth-order valence-electron chi connectivity index (χ4n) is 4.00. The number of benzene rings is 1. The van der Waals surface area contributed by atoms with Crippen LogP contribution in [0.3, 0.4) is 0 Å². The molecule has 9 heteroatoms. The second-order valence-corrected chi connectivity index (χ2v) is 8.66. The highest BCUT2D eigenvalue weighted by Gasteiger charge is 2.21. The van der Waals surface area contributed by atoms with Gasteiger partial charge in [0.05, 0.1) is 6.54 Å². The molecule has 1 aliphatic rings. The van der Waals surface area contributed by atoms with Gasteiger partial charge >= 0.3 is 0 Å². The summed E-state index contributed by atoms with van der Waals surface area (Å²) in [5.74, 6) is 1.97. The Balaban J connectivity index is 1.53. The van der Waals surface area contributed by atoms with Crippen molar-refractivity contribution in [2.75, 3.05) is 29.5 Å². The van der Waals surface area contributed by atoms with Crippen molar-refractivity contribution in [3.63, 3.8) is 0 Å². The molecule has 4 N–H and O–H groups in total. The molecule has 0 saturated carbocycles. The number of thiazole rings is 1. The van der Waals surface area contributed by atoms with Crippen LogP contribution in [-0.2, 0) is 13.0 Å². The first kappa shape index (κ1) is 20.2. The molecule has 3 aromatic heterocycles. The van der Waals surface area contributed by atoms with Crippen molar-refractivity contribution in [2.45, 2.75) is 19.9 Å². The largest absolute Gasteiger partial charge is 0.491 e. The average molecular weight is 446 g/mol. The Hall–Kier alpha value is -3.72. The molecule has 0 radical (unpaired) electrons. The number of hydrogen-bond acceptors (Lipinski definition) is 9. The lowest BCUT2D eigenvalue weighted by molar-refractivity contribution is 0.331. The number of nitrogens with two attached hydrogens (primary N) is 2. The molecular formula is C23H23N7OS. The molecule has 0 saturated heterocycles. The van der Waals surface area contributed by atoms with Gasteiger partial charge in [0.15, 0.2) is 5.13 Å². The normalized spacial score (nSPS) is 13.5. The van der Waals surface area contributed by atoms with Gasteiger partial charge in [-0.2, -0.15) is 4.98 Å². The van der Waals surface area contributed by atoms with Gasteiger partial charge in [-0.05, 0) is 37.1 Å². The van der Waals surface area contributed by atoms with E-state index < -0.39 is 0 Å². The van der Waals surface area contributed by atoms with Gasteiger partial charge in [0.25, 0.3) is 0 Å². The number of aryl methyl sites for hydroxylation is 1. The lowest BCUT2D eigenvalue weighted by atomic mass is 10.0. The highest BCUT2D eigenvalue weighted by atomic mass is 32.1. The maximum absolute atomic E-state index is 6.05. The molecule has 1 aliphatic heterocycles. The summed E-state index contributed by atoms with van der Waals surface area (Å²) in [4.78, 5) is 20.8. The summed E-state index contributed by atoms with van der Waals surface area (Å²) in [7, 11) is 0. The van der Waals surface area contributed by atoms with E-state index in [9.17, 15) is 0 Å². The van der Waals surface area contributed by atoms with Crippen LogP contribution in [0.4, 0.5) is 16.9 Å². The molecule has 162 valence electrons. The van der Waals surface area contributed by atoms with Gasteiger partial charge in [-0.3, -0.25) is 0 Å². The molecule has 8 nitrogen and oxygen atoms in total. The third-order valence-corrected chi connectivity index (χ3v) is 6.30. The van der Waals surface area contributed by atoms with Gasteiger partial charge in [0, 0.05) is 35.1 Å². The number of aromatic nitrogens is 4. The van der Waals surface area contributed by atoms with E-state index in [-0.39, 0.29) is 5.95 Å². The summed E-state index contributed by atoms with van der Waals surface area (Å²) >= 11 is 1.39. The molecule has 4 aromatic rings. The van der Waals surface area contributed by atoms with Gasteiger partial charge in [-0.1, -0.05) is 23.5 Å². The van der Waals surface area contributed by atoms with Crippen LogP contribution in [0.5, 0.6) is 5.75 Å². The maximum atomic E-state index is 6.05. The zero-order valence-electron chi connectivity index (χ0n) is 17.7. The lowest BCUT2D eigenvalue weighted by Crippen LogP contribution is -2.28. The molecular weight excluding hydrogens is 422 g/mol. The summed E-state index contributed by atoms with van der Waals surface area (Å²) in [6.45, 7) is 7.72. The van der Waals surface area contributed by atoms with Crippen molar-refractivity contribution in [1.82, 2.24) is 19.9 Å². The molecule has 32 heavy (non-hydrogen) atoms. The van der Waals surface area contributed by atoms with Crippen molar-refractivity contribution in [3.05, 3.63) is 59.9 Å². The third-order valence-electron chi connectivity index (χ3n) is 5.50. The molecule has 0 amide bonds. The van der Waals surface area contributed by atoms with E-state index in [4.69, 9.17) is 16.2 Å². The quantitative estimate of drug-likeness (QED) is 0.456. The number of nitrogen functional groups attached to an aromatic ring is 2. The molecule has 0 aliphatic carbocycles. The Morgan fingerprint density at radius 2 is 2.06 bits per heavy atom. The lowest BCUT2D eigenvalue weighted by Gasteiger charge is -2.24. The summed E-state index contributed by atoms with van der Waals surface area (Å²) in [5, 5.41) is 0.519. The van der Waals surface area contributed by atoms with Crippen molar-refractivity contribution in [1.29, 1.82) is 0 Å². The minimum atomic E-state index is 0.270. The van der Waals surface area contributed by atoms with Crippen LogP contribution in [0, 0.1) is 6.92 Å². The van der Waals surface area contributed by atoms with E-state index in [2.05, 4.69) is 37.5 Å². The minimum Gasteiger partial charge on any atom is -0.491 e. The van der Waals surface area contributed by atoms with Crippen LogP contribution >= 0.6 is 11.3 Å². The average Bonchev–Trinajstić information content (AvgIpc) is 3.01. The van der Waals surface area contributed by atoms with Crippen LogP contribution in [0.15, 0.2) is 43.1 Å². The summed E-state index contributed by atoms with van der Waals surface area (Å²) in [5.41, 5.74) is 17.6. The van der Waals surface area contributed by atoms with E-state index >= 15 is 0 Å². The van der Waals surface area contributed by atoms with Crippen LogP contribution in [0.1, 0.15) is 16.8 Å². The zero-order valence-corrected chi connectivity index (χ0v) is 18.5. The monoisotopic (exact) mass is 445 g/mol. The molecule has 0 fully saturated rings. The van der Waals surface area contributed by atoms with Gasteiger partial charge in [0.1, 0.15) is 28.5 Å². The topological polar surface area (TPSA) is 116 Å². The Labute approximate surface area is 189 Å². The zero-order chi connectivity index (χ0) is 22.2. The van der Waals surface area contributed by atoms with Gasteiger partial charge in [-0.25, -0.2) is 15.0 Å². The van der Waals surface area contributed by atoms with Crippen molar-refractivity contribution in [2.24, 2.45) is 0 Å². The van der Waals surface area contributed by atoms with Crippen LogP contribution in [-0.4, -0.2) is 33.1 Å². The molecule has 1 aromatic carbocycles. The number of nitrogens with zero attached hydrogens (tertiary/aromatic N) is 5. The Morgan fingerprint density at radius 1 is 1.19 bits per heavy atom. The van der Waals surface area contributed by atoms with Gasteiger partial charge < -0.3 is 21.1 Å². The number of fused-ring (bicyclic) bond motifs is 2. The molecule has 0 atom stereocenters. The Kier molecular flexibility index (Phi) is 5.10. The highest BCUT2D eigenvalue weighted by Crippen LogP contribution is 2.33. The van der Waals surface area contributed by atoms with Crippen molar-refractivity contribution < 1.29 is 4.74 Å². The predicted octanol–water partition coefficient (Wildman–Crippen LogP) is 3.75. The van der Waals surface area contributed by atoms with Gasteiger partial charge in [-0.15, -0.1) is 6.58 Å². The Bertz CT molecular complexity index is 1330. The van der Waals surface area contributed by atoms with E-state index in [0.717, 1.165) is 49.9 Å². The van der Waals surface area contributed by atoms with E-state index in [1.54, 1.807) is 0 Å². The third kappa shape index (κ3) is 3.71. The fourth-order valence-corrected chi connectivity index (χ4v) is 4.66. The van der Waals surface area contributed by atoms with Crippen LogP contribution < -0.4 is 21.1 Å². The molecule has 0 unspecified atom stereocenters. The van der Waals surface area contributed by atoms with Crippen LogP contribution in [0.25, 0.3) is 21.5 Å². The number of anilines is 3. The first-order valence-electron chi connectivity index (χ1n) is 10.3. The number of allylic oxidation sites excluding steroid dienone is 1. The molecule has 4 heterocycles. The summed E-state index contributed by atoms with van der Waals surface area (Å²) in [6.07, 6.45) is 4.39. The molecule has 5 rings (SSSR count). The van der Waals surface area contributed by atoms with Crippen molar-refractivity contribution >= 4 is 38.6 Å². The summed E-state index contributed by atoms with van der Waals surface area (Å²) < 4.78 is 6.05. The first-order chi connectivity index (χ1) is 15.5. The molecule has 0 spiro atoms. The van der Waals surface area contributed by atoms with E-state index in [1.807, 2.05) is 37.4 Å². The van der Waals surface area contributed by atoms with E-state index in [0.29, 0.717) is 31.2 Å². The number of rotatable bonds is 4. The molecule has 0 bridgehead atoms. The predicted molar refractivity (Wildman–Crippen MR) is 129 cm³/mol. The van der Waals surface area contributed by atoms with Crippen LogP contribution in [0.2, 0.25) is 0 Å². The standard InChI is InChI=1S/C23H23N7OS/c1-3-4-17-13(2)27-22(24)29-20(17)30-7-8-31-19-6-5-14(9-16(19)12-30)15-10-18-21(26-11-15)32-23(25)28-18/h3,5-6,9-11H,1,4,7-8,12H2,2H3,(H2,25,28)(H2,24,27,29). The maximum Gasteiger partial charge on any atom is 0.222 e. The first-order valence-corrected chi connectivity index (χ1v) is 11.1. The minimum absolute atomic E-state index is 0.270. The SMILES string of the molecule is C=CCc1c(C)nc(N)nc1N1CCOc2ccc(-c3cnc4sc(N)nc4c3)cc2C1. The second kappa shape index (κ2) is 8.08. The smallest absolute Gasteiger partial charge is 0.222 e. The highest BCUT2D eigenvalue weighted by molar-refractivity contribution is 7.21. The number of ether oxygens (including phenoxy) is 1. The number of pyridine rings is 1. The number of hydrogen-bond donors (Lipinski definition) is 2. The van der Waals surface area contributed by atoms with E-state index in [1.165, 1.54) is 11.3 Å². The fraction of sp³-hybridized carbons (Fsp3) is 0.217.